The molecule has 0 spiro atoms. The van der Waals surface area contributed by atoms with Gasteiger partial charge in [-0.3, -0.25) is 9.59 Å². The fourth-order valence-electron chi connectivity index (χ4n) is 3.99. The van der Waals surface area contributed by atoms with Crippen LogP contribution in [-0.2, 0) is 16.6 Å². The van der Waals surface area contributed by atoms with Crippen LogP contribution >= 0.6 is 0 Å². The molecule has 0 bridgehead atoms. The van der Waals surface area contributed by atoms with Gasteiger partial charge in [-0.25, -0.2) is 0 Å². The molecule has 26 heavy (non-hydrogen) atoms. The summed E-state index contributed by atoms with van der Waals surface area (Å²) in [5, 5.41) is 1.95. The molecule has 1 aliphatic rings. The number of rotatable bonds is 2. The molecule has 4 nitrogen and oxygen atoms in total. The van der Waals surface area contributed by atoms with E-state index < -0.39 is 0 Å². The number of hydrogen-bond acceptors (Lipinski definition) is 2. The number of aromatic amines is 1. The number of aryl methyl sites for hydroxylation is 1. The van der Waals surface area contributed by atoms with E-state index in [0.29, 0.717) is 11.1 Å². The number of nitrogens with one attached hydrogen (secondary N) is 1. The van der Waals surface area contributed by atoms with Crippen molar-refractivity contribution in [3.8, 4) is 0 Å². The van der Waals surface area contributed by atoms with Crippen molar-refractivity contribution in [2.45, 2.75) is 6.42 Å². The maximum atomic E-state index is 12.8. The van der Waals surface area contributed by atoms with Crippen LogP contribution in [-0.4, -0.2) is 21.1 Å². The summed E-state index contributed by atoms with van der Waals surface area (Å²) < 4.78 is 2.00. The molecule has 0 radical (unpaired) electrons. The van der Waals surface area contributed by atoms with Gasteiger partial charge in [0.1, 0.15) is 0 Å². The van der Waals surface area contributed by atoms with Gasteiger partial charge in [-0.15, -0.1) is 0 Å². The van der Waals surface area contributed by atoms with Crippen LogP contribution in [0.2, 0.25) is 0 Å². The highest BCUT2D eigenvalue weighted by molar-refractivity contribution is 6.52. The Balaban J connectivity index is 1.87. The standard InChI is InChI=1S/C22H16N2O2/c1-24-12-16(14-7-3-5-9-18(14)24)22-20(26)10-19(25)21(22)15-11-23-17-8-4-2-6-13(15)17/h2-9,11-12,23H,10H2,1H3. The van der Waals surface area contributed by atoms with Crippen LogP contribution in [0, 0.1) is 0 Å². The summed E-state index contributed by atoms with van der Waals surface area (Å²) in [7, 11) is 1.96. The quantitative estimate of drug-likeness (QED) is 0.558. The van der Waals surface area contributed by atoms with E-state index in [2.05, 4.69) is 4.98 Å². The Morgan fingerprint density at radius 1 is 0.846 bits per heavy atom. The second-order valence-corrected chi connectivity index (χ2v) is 6.69. The number of hydrogen-bond donors (Lipinski definition) is 1. The third-order valence-corrected chi connectivity index (χ3v) is 5.15. The maximum absolute atomic E-state index is 12.8. The molecule has 2 aromatic heterocycles. The minimum atomic E-state index is -0.109. The smallest absolute Gasteiger partial charge is 0.172 e. The van der Waals surface area contributed by atoms with E-state index in [4.69, 9.17) is 0 Å². The van der Waals surface area contributed by atoms with Crippen molar-refractivity contribution in [3.05, 3.63) is 72.1 Å². The molecule has 0 atom stereocenters. The van der Waals surface area contributed by atoms with E-state index >= 15 is 0 Å². The van der Waals surface area contributed by atoms with Gasteiger partial charge in [-0.2, -0.15) is 0 Å². The number of aromatic nitrogens is 2. The van der Waals surface area contributed by atoms with Gasteiger partial charge in [0.15, 0.2) is 11.6 Å². The summed E-state index contributed by atoms with van der Waals surface area (Å²) in [5.74, 6) is -0.214. The molecule has 0 saturated heterocycles. The number of Topliss-reactive ketones (excluding diaryl/α,β-unsaturated/α-hetero) is 2. The summed E-state index contributed by atoms with van der Waals surface area (Å²) in [5.41, 5.74) is 4.71. The Kier molecular flexibility index (Phi) is 3.04. The van der Waals surface area contributed by atoms with E-state index in [9.17, 15) is 9.59 Å². The molecule has 2 heterocycles. The number of para-hydroxylation sites is 2. The van der Waals surface area contributed by atoms with Crippen molar-refractivity contribution in [1.29, 1.82) is 0 Å². The minimum Gasteiger partial charge on any atom is -0.361 e. The summed E-state index contributed by atoms with van der Waals surface area (Å²) in [4.78, 5) is 28.7. The van der Waals surface area contributed by atoms with Crippen LogP contribution in [0.4, 0.5) is 0 Å². The van der Waals surface area contributed by atoms with Crippen molar-refractivity contribution in [1.82, 2.24) is 9.55 Å². The van der Waals surface area contributed by atoms with Crippen LogP contribution in [0.3, 0.4) is 0 Å². The number of H-pyrrole nitrogens is 1. The average Bonchev–Trinajstić information content (AvgIpc) is 3.29. The summed E-state index contributed by atoms with van der Waals surface area (Å²) in [6, 6.07) is 15.8. The topological polar surface area (TPSA) is 54.9 Å². The van der Waals surface area contributed by atoms with Gasteiger partial charge in [0, 0.05) is 63.5 Å². The Bertz CT molecular complexity index is 1250. The molecule has 5 rings (SSSR count). The molecule has 0 unspecified atom stereocenters. The Hall–Kier alpha value is -3.40. The predicted octanol–water partition coefficient (Wildman–Crippen LogP) is 4.11. The number of nitrogens with zero attached hydrogens (tertiary/aromatic N) is 1. The fourth-order valence-corrected chi connectivity index (χ4v) is 3.99. The van der Waals surface area contributed by atoms with E-state index in [-0.39, 0.29) is 18.0 Å². The first kappa shape index (κ1) is 14.9. The van der Waals surface area contributed by atoms with Gasteiger partial charge in [-0.05, 0) is 12.1 Å². The fraction of sp³-hybridized carbons (Fsp3) is 0.0909. The van der Waals surface area contributed by atoms with Crippen LogP contribution in [0.15, 0.2) is 60.9 Å². The summed E-state index contributed by atoms with van der Waals surface area (Å²) in [6.45, 7) is 0. The van der Waals surface area contributed by atoms with Crippen molar-refractivity contribution < 1.29 is 9.59 Å². The molecule has 0 saturated carbocycles. The molecule has 1 N–H and O–H groups in total. The third kappa shape index (κ3) is 1.96. The first-order valence-electron chi connectivity index (χ1n) is 8.57. The molecule has 4 heteroatoms. The molecule has 1 aliphatic carbocycles. The van der Waals surface area contributed by atoms with Crippen molar-refractivity contribution in [3.63, 3.8) is 0 Å². The number of allylic oxidation sites excluding steroid dienone is 2. The second-order valence-electron chi connectivity index (χ2n) is 6.69. The first-order valence-corrected chi connectivity index (χ1v) is 8.57. The van der Waals surface area contributed by atoms with Gasteiger partial charge >= 0.3 is 0 Å². The van der Waals surface area contributed by atoms with Crippen LogP contribution < -0.4 is 0 Å². The zero-order valence-electron chi connectivity index (χ0n) is 14.2. The van der Waals surface area contributed by atoms with Gasteiger partial charge in [-0.1, -0.05) is 36.4 Å². The Labute approximate surface area is 149 Å². The molecule has 0 aliphatic heterocycles. The number of carbonyl (C=O) groups excluding carboxylic acids is 2. The predicted molar refractivity (Wildman–Crippen MR) is 103 cm³/mol. The van der Waals surface area contributed by atoms with Crippen molar-refractivity contribution in [2.75, 3.05) is 0 Å². The lowest BCUT2D eigenvalue weighted by atomic mass is 9.95. The van der Waals surface area contributed by atoms with E-state index in [0.717, 1.165) is 32.9 Å². The molecule has 0 fully saturated rings. The van der Waals surface area contributed by atoms with E-state index in [1.54, 1.807) is 0 Å². The lowest BCUT2D eigenvalue weighted by Gasteiger charge is -2.04. The summed E-state index contributed by atoms with van der Waals surface area (Å²) >= 11 is 0. The largest absolute Gasteiger partial charge is 0.361 e. The SMILES string of the molecule is Cn1cc(C2=C(c3c[nH]c4ccccc34)C(=O)CC2=O)c2ccccc21. The monoisotopic (exact) mass is 340 g/mol. The van der Waals surface area contributed by atoms with Crippen LogP contribution in [0.1, 0.15) is 17.5 Å². The van der Waals surface area contributed by atoms with E-state index in [1.165, 1.54) is 0 Å². The lowest BCUT2D eigenvalue weighted by Crippen LogP contribution is -1.96. The van der Waals surface area contributed by atoms with Gasteiger partial charge in [0.25, 0.3) is 0 Å². The van der Waals surface area contributed by atoms with Gasteiger partial charge in [0.2, 0.25) is 0 Å². The third-order valence-electron chi connectivity index (χ3n) is 5.15. The van der Waals surface area contributed by atoms with Crippen LogP contribution in [0.25, 0.3) is 33.0 Å². The van der Waals surface area contributed by atoms with Crippen LogP contribution in [0.5, 0.6) is 0 Å². The minimum absolute atomic E-state index is 0.0621. The highest BCUT2D eigenvalue weighted by Crippen LogP contribution is 2.40. The van der Waals surface area contributed by atoms with Gasteiger partial charge in [0.05, 0.1) is 6.42 Å². The Morgan fingerprint density at radius 2 is 1.50 bits per heavy atom. The maximum Gasteiger partial charge on any atom is 0.172 e. The number of benzene rings is 2. The normalized spacial score (nSPS) is 15.0. The van der Waals surface area contributed by atoms with E-state index in [1.807, 2.05) is 72.5 Å². The summed E-state index contributed by atoms with van der Waals surface area (Å²) in [6.07, 6.45) is 3.72. The van der Waals surface area contributed by atoms with Crippen molar-refractivity contribution in [2.24, 2.45) is 7.05 Å². The molecule has 4 aromatic rings. The molecule has 126 valence electrons. The lowest BCUT2D eigenvalue weighted by molar-refractivity contribution is -0.119. The zero-order valence-corrected chi connectivity index (χ0v) is 14.2. The zero-order chi connectivity index (χ0) is 17.8. The second kappa shape index (κ2) is 5.30. The molecule has 0 amide bonds. The molecule has 2 aromatic carbocycles. The highest BCUT2D eigenvalue weighted by Gasteiger charge is 2.34. The molecular weight excluding hydrogens is 324 g/mol. The number of carbonyl (C=O) groups is 2. The molecular formula is C22H16N2O2. The highest BCUT2D eigenvalue weighted by atomic mass is 16.2. The van der Waals surface area contributed by atoms with Gasteiger partial charge < -0.3 is 9.55 Å². The Morgan fingerprint density at radius 3 is 2.31 bits per heavy atom. The number of fused-ring (bicyclic) bond motifs is 2. The van der Waals surface area contributed by atoms with Crippen molar-refractivity contribution >= 4 is 44.5 Å². The average molecular weight is 340 g/mol. The first-order chi connectivity index (χ1) is 12.6. The number of ketones is 2.